The van der Waals surface area contributed by atoms with Crippen LogP contribution in [0.25, 0.3) is 0 Å². The molecule has 0 spiro atoms. The highest BCUT2D eigenvalue weighted by Crippen LogP contribution is 2.13. The van der Waals surface area contributed by atoms with E-state index in [1.165, 1.54) is 5.56 Å². The van der Waals surface area contributed by atoms with Crippen molar-refractivity contribution in [2.75, 3.05) is 13.2 Å². The largest absolute Gasteiger partial charge is 0.478 e. The van der Waals surface area contributed by atoms with Crippen molar-refractivity contribution >= 4 is 29.9 Å². The van der Waals surface area contributed by atoms with E-state index in [1.54, 1.807) is 6.20 Å². The molecule has 1 aromatic heterocycles. The minimum atomic E-state index is 0. The fourth-order valence-corrected chi connectivity index (χ4v) is 2.10. The van der Waals surface area contributed by atoms with Crippen molar-refractivity contribution in [2.24, 2.45) is 4.99 Å². The molecular formula is C18H25IN4O. The second kappa shape index (κ2) is 11.7. The monoisotopic (exact) mass is 440 g/mol. The zero-order valence-electron chi connectivity index (χ0n) is 14.2. The Labute approximate surface area is 161 Å². The lowest BCUT2D eigenvalue weighted by Gasteiger charge is -2.13. The maximum atomic E-state index is 5.55. The van der Waals surface area contributed by atoms with Crippen LogP contribution < -0.4 is 15.4 Å². The van der Waals surface area contributed by atoms with Crippen LogP contribution in [-0.4, -0.2) is 24.1 Å². The first-order valence-electron chi connectivity index (χ1n) is 7.96. The van der Waals surface area contributed by atoms with E-state index in [-0.39, 0.29) is 24.0 Å². The molecule has 0 aliphatic carbocycles. The molecule has 0 radical (unpaired) electrons. The van der Waals surface area contributed by atoms with Crippen LogP contribution in [-0.2, 0) is 13.1 Å². The number of ether oxygens (including phenoxy) is 1. The molecular weight excluding hydrogens is 415 g/mol. The van der Waals surface area contributed by atoms with E-state index in [2.05, 4.69) is 39.7 Å². The zero-order chi connectivity index (χ0) is 16.3. The zero-order valence-corrected chi connectivity index (χ0v) is 16.5. The number of guanidine groups is 1. The van der Waals surface area contributed by atoms with E-state index < -0.39 is 0 Å². The number of benzene rings is 1. The molecule has 2 rings (SSSR count). The molecule has 0 amide bonds. The molecule has 0 saturated heterocycles. The Morgan fingerprint density at radius 2 is 1.88 bits per heavy atom. The molecule has 1 aromatic carbocycles. The van der Waals surface area contributed by atoms with Gasteiger partial charge < -0.3 is 15.4 Å². The summed E-state index contributed by atoms with van der Waals surface area (Å²) in [5.74, 6) is 1.45. The molecule has 24 heavy (non-hydrogen) atoms. The van der Waals surface area contributed by atoms with E-state index in [0.717, 1.165) is 18.1 Å². The van der Waals surface area contributed by atoms with E-state index in [0.29, 0.717) is 25.6 Å². The molecule has 1 heterocycles. The van der Waals surface area contributed by atoms with Crippen molar-refractivity contribution in [1.29, 1.82) is 0 Å². The first-order chi connectivity index (χ1) is 11.3. The first kappa shape index (κ1) is 20.2. The number of nitrogens with one attached hydrogen (secondary N) is 2. The Hall–Kier alpha value is -1.83. The van der Waals surface area contributed by atoms with Crippen molar-refractivity contribution in [2.45, 2.75) is 26.9 Å². The molecule has 0 bridgehead atoms. The first-order valence-corrected chi connectivity index (χ1v) is 7.96. The van der Waals surface area contributed by atoms with E-state index in [9.17, 15) is 0 Å². The molecule has 0 aliphatic rings. The smallest absolute Gasteiger partial charge is 0.218 e. The highest BCUT2D eigenvalue weighted by molar-refractivity contribution is 14.0. The number of aromatic nitrogens is 1. The predicted octanol–water partition coefficient (Wildman–Crippen LogP) is 3.35. The van der Waals surface area contributed by atoms with Gasteiger partial charge in [-0.25, -0.2) is 9.98 Å². The molecule has 0 atom stereocenters. The lowest BCUT2D eigenvalue weighted by atomic mass is 10.2. The average molecular weight is 440 g/mol. The fourth-order valence-electron chi connectivity index (χ4n) is 2.10. The Morgan fingerprint density at radius 3 is 2.58 bits per heavy atom. The van der Waals surface area contributed by atoms with Gasteiger partial charge in [0.1, 0.15) is 0 Å². The Bertz CT molecular complexity index is 619. The molecule has 0 aliphatic heterocycles. The summed E-state index contributed by atoms with van der Waals surface area (Å²) in [4.78, 5) is 8.87. The van der Waals surface area contributed by atoms with E-state index >= 15 is 0 Å². The van der Waals surface area contributed by atoms with Gasteiger partial charge in [0.2, 0.25) is 5.88 Å². The lowest BCUT2D eigenvalue weighted by molar-refractivity contribution is 0.322. The number of nitrogens with zero attached hydrogens (tertiary/aromatic N) is 2. The van der Waals surface area contributed by atoms with Crippen LogP contribution in [0.1, 0.15) is 25.0 Å². The van der Waals surface area contributed by atoms with Crippen LogP contribution >= 0.6 is 24.0 Å². The fraction of sp³-hybridized carbons (Fsp3) is 0.333. The summed E-state index contributed by atoms with van der Waals surface area (Å²) >= 11 is 0. The standard InChI is InChI=1S/C18H24N4O.HI/c1-3-19-18(21-13-15-9-6-5-7-10-15)22-14-16-11-8-12-20-17(16)23-4-2;/h5-12H,3-4,13-14H2,1-2H3,(H2,19,21,22);1H. The van der Waals surface area contributed by atoms with E-state index in [1.807, 2.05) is 37.3 Å². The van der Waals surface area contributed by atoms with Gasteiger partial charge in [0, 0.05) is 24.8 Å². The SMILES string of the molecule is CCNC(=NCc1ccccc1)NCc1cccnc1OCC.I. The number of hydrogen-bond acceptors (Lipinski definition) is 3. The van der Waals surface area contributed by atoms with Gasteiger partial charge in [-0.1, -0.05) is 36.4 Å². The minimum absolute atomic E-state index is 0. The third kappa shape index (κ3) is 6.74. The van der Waals surface area contributed by atoms with Gasteiger partial charge in [-0.2, -0.15) is 0 Å². The quantitative estimate of drug-likeness (QED) is 0.394. The second-order valence-corrected chi connectivity index (χ2v) is 4.94. The molecule has 0 unspecified atom stereocenters. The van der Waals surface area contributed by atoms with Crippen LogP contribution in [0.2, 0.25) is 0 Å². The summed E-state index contributed by atoms with van der Waals surface area (Å²) in [6.07, 6.45) is 1.74. The maximum absolute atomic E-state index is 5.55. The Balaban J connectivity index is 0.00000288. The number of aliphatic imine (C=N–C) groups is 1. The molecule has 130 valence electrons. The third-order valence-corrected chi connectivity index (χ3v) is 3.18. The molecule has 2 aromatic rings. The van der Waals surface area contributed by atoms with Crippen molar-refractivity contribution in [1.82, 2.24) is 15.6 Å². The Kier molecular flexibility index (Phi) is 9.83. The van der Waals surface area contributed by atoms with Gasteiger partial charge in [-0.05, 0) is 25.5 Å². The van der Waals surface area contributed by atoms with Crippen LogP contribution in [0, 0.1) is 0 Å². The van der Waals surface area contributed by atoms with Crippen molar-refractivity contribution < 1.29 is 4.74 Å². The highest BCUT2D eigenvalue weighted by Gasteiger charge is 2.05. The molecule has 6 heteroatoms. The summed E-state index contributed by atoms with van der Waals surface area (Å²) in [6.45, 7) is 6.68. The van der Waals surface area contributed by atoms with Gasteiger partial charge in [-0.3, -0.25) is 0 Å². The Morgan fingerprint density at radius 1 is 1.08 bits per heavy atom. The van der Waals surface area contributed by atoms with Crippen LogP contribution in [0.5, 0.6) is 5.88 Å². The van der Waals surface area contributed by atoms with Crippen molar-refractivity contribution in [3.8, 4) is 5.88 Å². The predicted molar refractivity (Wildman–Crippen MR) is 109 cm³/mol. The van der Waals surface area contributed by atoms with Gasteiger partial charge in [-0.15, -0.1) is 24.0 Å². The number of pyridine rings is 1. The van der Waals surface area contributed by atoms with Crippen LogP contribution in [0.4, 0.5) is 0 Å². The van der Waals surface area contributed by atoms with Gasteiger partial charge in [0.25, 0.3) is 0 Å². The number of rotatable bonds is 7. The summed E-state index contributed by atoms with van der Waals surface area (Å²) in [7, 11) is 0. The molecule has 0 fully saturated rings. The lowest BCUT2D eigenvalue weighted by Crippen LogP contribution is -2.36. The van der Waals surface area contributed by atoms with Gasteiger partial charge in [0.15, 0.2) is 5.96 Å². The van der Waals surface area contributed by atoms with E-state index in [4.69, 9.17) is 4.74 Å². The molecule has 0 saturated carbocycles. The van der Waals surface area contributed by atoms with Crippen LogP contribution in [0.3, 0.4) is 0 Å². The average Bonchev–Trinajstić information content (AvgIpc) is 2.60. The minimum Gasteiger partial charge on any atom is -0.478 e. The normalized spacial score (nSPS) is 10.7. The van der Waals surface area contributed by atoms with Crippen molar-refractivity contribution in [3.05, 3.63) is 59.8 Å². The number of halogens is 1. The third-order valence-electron chi connectivity index (χ3n) is 3.18. The summed E-state index contributed by atoms with van der Waals surface area (Å²) in [5, 5.41) is 6.58. The molecule has 5 nitrogen and oxygen atoms in total. The van der Waals surface area contributed by atoms with Crippen LogP contribution in [0.15, 0.2) is 53.7 Å². The van der Waals surface area contributed by atoms with Gasteiger partial charge >= 0.3 is 0 Å². The molecule has 2 N–H and O–H groups in total. The summed E-state index contributed by atoms with van der Waals surface area (Å²) in [5.41, 5.74) is 2.20. The maximum Gasteiger partial charge on any atom is 0.218 e. The second-order valence-electron chi connectivity index (χ2n) is 4.94. The van der Waals surface area contributed by atoms with Crippen molar-refractivity contribution in [3.63, 3.8) is 0 Å². The van der Waals surface area contributed by atoms with Gasteiger partial charge in [0.05, 0.1) is 13.2 Å². The summed E-state index contributed by atoms with van der Waals surface area (Å²) in [6, 6.07) is 14.1. The topological polar surface area (TPSA) is 58.5 Å². The number of hydrogen-bond donors (Lipinski definition) is 2. The summed E-state index contributed by atoms with van der Waals surface area (Å²) < 4.78 is 5.55. The highest BCUT2D eigenvalue weighted by atomic mass is 127.